The zero-order chi connectivity index (χ0) is 13.7. The van der Waals surface area contributed by atoms with Crippen molar-refractivity contribution in [1.82, 2.24) is 14.5 Å². The molecule has 0 fully saturated rings. The first-order valence-corrected chi connectivity index (χ1v) is 6.90. The van der Waals surface area contributed by atoms with Crippen molar-refractivity contribution in [2.75, 3.05) is 5.32 Å². The number of hydrogen-bond acceptors (Lipinski definition) is 5. The number of imidazole rings is 1. The van der Waals surface area contributed by atoms with Crippen LogP contribution in [0.2, 0.25) is 0 Å². The molecular formula is C12H16N4O2S. The van der Waals surface area contributed by atoms with Gasteiger partial charge in [-0.2, -0.15) is 0 Å². The minimum atomic E-state index is -0.795. The molecule has 2 N–H and O–H groups in total. The number of carboxylic acids is 1. The molecule has 2 rings (SSSR count). The van der Waals surface area contributed by atoms with Crippen molar-refractivity contribution in [3.05, 3.63) is 29.8 Å². The first-order valence-electron chi connectivity index (χ1n) is 6.02. The third kappa shape index (κ3) is 4.36. The monoisotopic (exact) mass is 280 g/mol. The fourth-order valence-corrected chi connectivity index (χ4v) is 2.55. The Morgan fingerprint density at radius 3 is 3.16 bits per heavy atom. The standard InChI is InChI=1S/C12H16N4O2S/c1-9(6-16-5-4-13-8-16)14-12-15-10(7-19-12)2-3-11(17)18/h4-5,7-9H,2-3,6H2,1H3,(H,14,15)(H,17,18). The topological polar surface area (TPSA) is 80.0 Å². The van der Waals surface area contributed by atoms with E-state index in [0.29, 0.717) is 6.42 Å². The van der Waals surface area contributed by atoms with E-state index >= 15 is 0 Å². The second-order valence-electron chi connectivity index (χ2n) is 4.34. The minimum absolute atomic E-state index is 0.119. The lowest BCUT2D eigenvalue weighted by Gasteiger charge is -2.13. The molecular weight excluding hydrogens is 264 g/mol. The van der Waals surface area contributed by atoms with Crippen LogP contribution in [0.15, 0.2) is 24.1 Å². The minimum Gasteiger partial charge on any atom is -0.481 e. The Morgan fingerprint density at radius 1 is 1.63 bits per heavy atom. The Balaban J connectivity index is 1.83. The zero-order valence-corrected chi connectivity index (χ0v) is 11.4. The largest absolute Gasteiger partial charge is 0.481 e. The molecule has 2 aromatic heterocycles. The van der Waals surface area contributed by atoms with E-state index in [0.717, 1.165) is 17.4 Å². The smallest absolute Gasteiger partial charge is 0.303 e. The highest BCUT2D eigenvalue weighted by Crippen LogP contribution is 2.17. The maximum absolute atomic E-state index is 10.5. The molecule has 1 atom stereocenters. The summed E-state index contributed by atoms with van der Waals surface area (Å²) in [4.78, 5) is 18.9. The predicted molar refractivity (Wildman–Crippen MR) is 73.4 cm³/mol. The summed E-state index contributed by atoms with van der Waals surface area (Å²) >= 11 is 1.50. The van der Waals surface area contributed by atoms with Crippen molar-refractivity contribution in [3.63, 3.8) is 0 Å². The quantitative estimate of drug-likeness (QED) is 0.809. The van der Waals surface area contributed by atoms with Gasteiger partial charge in [0.1, 0.15) is 0 Å². The van der Waals surface area contributed by atoms with E-state index in [1.54, 1.807) is 12.5 Å². The first kappa shape index (κ1) is 13.5. The lowest BCUT2D eigenvalue weighted by Crippen LogP contribution is -2.21. The highest BCUT2D eigenvalue weighted by molar-refractivity contribution is 7.13. The first-order chi connectivity index (χ1) is 9.13. The molecule has 0 bridgehead atoms. The second kappa shape index (κ2) is 6.33. The van der Waals surface area contributed by atoms with Crippen molar-refractivity contribution < 1.29 is 9.90 Å². The molecule has 0 aliphatic rings. The van der Waals surface area contributed by atoms with Gasteiger partial charge in [0.2, 0.25) is 0 Å². The molecule has 6 nitrogen and oxygen atoms in total. The van der Waals surface area contributed by atoms with Crippen LogP contribution in [-0.4, -0.2) is 31.7 Å². The number of aromatic nitrogens is 3. The molecule has 0 saturated heterocycles. The molecule has 0 spiro atoms. The molecule has 0 saturated carbocycles. The summed E-state index contributed by atoms with van der Waals surface area (Å²) < 4.78 is 2.00. The van der Waals surface area contributed by atoms with Gasteiger partial charge in [-0.15, -0.1) is 11.3 Å². The highest BCUT2D eigenvalue weighted by atomic mass is 32.1. The van der Waals surface area contributed by atoms with Gasteiger partial charge in [-0.05, 0) is 6.92 Å². The Labute approximate surface area is 115 Å². The van der Waals surface area contributed by atoms with Crippen molar-refractivity contribution in [3.8, 4) is 0 Å². The molecule has 0 aromatic carbocycles. The van der Waals surface area contributed by atoms with E-state index in [9.17, 15) is 4.79 Å². The van der Waals surface area contributed by atoms with Crippen molar-refractivity contribution >= 4 is 22.4 Å². The summed E-state index contributed by atoms with van der Waals surface area (Å²) in [5.74, 6) is -0.795. The molecule has 0 radical (unpaired) electrons. The van der Waals surface area contributed by atoms with Gasteiger partial charge >= 0.3 is 5.97 Å². The van der Waals surface area contributed by atoms with Crippen LogP contribution >= 0.6 is 11.3 Å². The molecule has 2 aromatic rings. The third-order valence-corrected chi connectivity index (χ3v) is 3.38. The van der Waals surface area contributed by atoms with E-state index in [1.807, 2.05) is 16.1 Å². The molecule has 2 heterocycles. The number of nitrogens with zero attached hydrogens (tertiary/aromatic N) is 3. The molecule has 0 aliphatic heterocycles. The predicted octanol–water partition coefficient (Wildman–Crippen LogP) is 1.86. The number of rotatable bonds is 7. The van der Waals surface area contributed by atoms with Crippen LogP contribution < -0.4 is 5.32 Å². The van der Waals surface area contributed by atoms with E-state index in [1.165, 1.54) is 11.3 Å². The normalized spacial score (nSPS) is 12.3. The van der Waals surface area contributed by atoms with Crippen molar-refractivity contribution in [2.45, 2.75) is 32.4 Å². The van der Waals surface area contributed by atoms with Gasteiger partial charge in [0.25, 0.3) is 0 Å². The summed E-state index contributed by atoms with van der Waals surface area (Å²) in [6.45, 7) is 2.88. The van der Waals surface area contributed by atoms with Crippen LogP contribution in [0.3, 0.4) is 0 Å². The number of carbonyl (C=O) groups is 1. The lowest BCUT2D eigenvalue weighted by molar-refractivity contribution is -0.136. The van der Waals surface area contributed by atoms with E-state index < -0.39 is 5.97 Å². The third-order valence-electron chi connectivity index (χ3n) is 2.56. The Hall–Kier alpha value is -1.89. The maximum atomic E-state index is 10.5. The summed E-state index contributed by atoms with van der Waals surface area (Å²) in [7, 11) is 0. The summed E-state index contributed by atoms with van der Waals surface area (Å²) in [5, 5.41) is 14.6. The van der Waals surface area contributed by atoms with Gasteiger partial charge in [0, 0.05) is 36.8 Å². The van der Waals surface area contributed by atoms with Gasteiger partial charge < -0.3 is 15.0 Å². The highest BCUT2D eigenvalue weighted by Gasteiger charge is 2.08. The Kier molecular flexibility index (Phi) is 4.51. The van der Waals surface area contributed by atoms with Crippen molar-refractivity contribution in [1.29, 1.82) is 0 Å². The number of carboxylic acid groups (broad SMARTS) is 1. The summed E-state index contributed by atoms with van der Waals surface area (Å²) in [6, 6.07) is 0.229. The van der Waals surface area contributed by atoms with E-state index in [4.69, 9.17) is 5.11 Å². The number of hydrogen-bond donors (Lipinski definition) is 2. The van der Waals surface area contributed by atoms with E-state index in [-0.39, 0.29) is 12.5 Å². The fraction of sp³-hybridized carbons (Fsp3) is 0.417. The van der Waals surface area contributed by atoms with Gasteiger partial charge in [0.05, 0.1) is 18.4 Å². The summed E-state index contributed by atoms with van der Waals surface area (Å²) in [6.07, 6.45) is 6.04. The second-order valence-corrected chi connectivity index (χ2v) is 5.20. The van der Waals surface area contributed by atoms with Crippen molar-refractivity contribution in [2.24, 2.45) is 0 Å². The van der Waals surface area contributed by atoms with Gasteiger partial charge in [-0.25, -0.2) is 9.97 Å². The van der Waals surface area contributed by atoms with Gasteiger partial charge in [-0.3, -0.25) is 4.79 Å². The molecule has 7 heteroatoms. The summed E-state index contributed by atoms with van der Waals surface area (Å²) in [5.41, 5.74) is 0.824. The maximum Gasteiger partial charge on any atom is 0.303 e. The van der Waals surface area contributed by atoms with Crippen LogP contribution in [0, 0.1) is 0 Å². The lowest BCUT2D eigenvalue weighted by atomic mass is 10.2. The molecule has 102 valence electrons. The van der Waals surface area contributed by atoms with Crippen LogP contribution in [-0.2, 0) is 17.8 Å². The fourth-order valence-electron chi connectivity index (χ4n) is 1.69. The van der Waals surface area contributed by atoms with E-state index in [2.05, 4.69) is 22.2 Å². The number of anilines is 1. The van der Waals surface area contributed by atoms with Crippen LogP contribution in [0.1, 0.15) is 19.0 Å². The molecule has 1 unspecified atom stereocenters. The Bertz CT molecular complexity index is 524. The van der Waals surface area contributed by atoms with Crippen LogP contribution in [0.25, 0.3) is 0 Å². The van der Waals surface area contributed by atoms with Crippen LogP contribution in [0.5, 0.6) is 0 Å². The zero-order valence-electron chi connectivity index (χ0n) is 10.6. The van der Waals surface area contributed by atoms with Crippen LogP contribution in [0.4, 0.5) is 5.13 Å². The van der Waals surface area contributed by atoms with Gasteiger partial charge in [-0.1, -0.05) is 0 Å². The number of thiazole rings is 1. The molecule has 0 amide bonds. The number of aryl methyl sites for hydroxylation is 1. The average Bonchev–Trinajstić information content (AvgIpc) is 2.98. The number of aliphatic carboxylic acids is 1. The average molecular weight is 280 g/mol. The SMILES string of the molecule is CC(Cn1ccnc1)Nc1nc(CCC(=O)O)cs1. The Morgan fingerprint density at radius 2 is 2.47 bits per heavy atom. The number of nitrogens with one attached hydrogen (secondary N) is 1. The molecule has 0 aliphatic carbocycles. The van der Waals surface area contributed by atoms with Gasteiger partial charge in [0.15, 0.2) is 5.13 Å². The molecule has 19 heavy (non-hydrogen) atoms.